The Morgan fingerprint density at radius 1 is 1.20 bits per heavy atom. The van der Waals surface area contributed by atoms with Crippen LogP contribution in [0.25, 0.3) is 6.08 Å². The summed E-state index contributed by atoms with van der Waals surface area (Å²) < 4.78 is 74.0. The molecule has 0 saturated heterocycles. The van der Waals surface area contributed by atoms with E-state index in [2.05, 4.69) is 13.8 Å². The summed E-state index contributed by atoms with van der Waals surface area (Å²) in [7, 11) is -4.39. The quantitative estimate of drug-likeness (QED) is 0.474. The lowest BCUT2D eigenvalue weighted by Gasteiger charge is -2.36. The molecule has 1 aliphatic heterocycles. The highest BCUT2D eigenvalue weighted by atomic mass is 32.2. The van der Waals surface area contributed by atoms with Gasteiger partial charge in [0.2, 0.25) is 0 Å². The van der Waals surface area contributed by atoms with Crippen LogP contribution in [0.5, 0.6) is 5.75 Å². The minimum Gasteiger partial charge on any atom is -0.486 e. The second-order valence-electron chi connectivity index (χ2n) is 8.81. The summed E-state index contributed by atoms with van der Waals surface area (Å²) >= 11 is 0. The van der Waals surface area contributed by atoms with Gasteiger partial charge in [-0.2, -0.15) is 13.2 Å². The number of benzene rings is 2. The number of allylic oxidation sites excluding steroid dienone is 1. The van der Waals surface area contributed by atoms with Crippen molar-refractivity contribution in [3.05, 3.63) is 59.2 Å². The fourth-order valence-corrected chi connectivity index (χ4v) is 5.53. The van der Waals surface area contributed by atoms with Crippen molar-refractivity contribution in [3.8, 4) is 5.75 Å². The first-order valence-electron chi connectivity index (χ1n) is 11.4. The Labute approximate surface area is 203 Å². The van der Waals surface area contributed by atoms with Gasteiger partial charge in [0.1, 0.15) is 11.9 Å². The molecule has 10 heteroatoms. The predicted octanol–water partition coefficient (Wildman–Crippen LogP) is 5.20. The minimum absolute atomic E-state index is 0.0491. The number of rotatable bonds is 8. The first kappa shape index (κ1) is 27.0. The van der Waals surface area contributed by atoms with E-state index < -0.39 is 39.1 Å². The molecule has 0 spiro atoms. The molecule has 1 aliphatic rings. The van der Waals surface area contributed by atoms with Crippen LogP contribution in [0.15, 0.2) is 52.9 Å². The Morgan fingerprint density at radius 2 is 1.91 bits per heavy atom. The number of ether oxygens (including phenoxy) is 1. The summed E-state index contributed by atoms with van der Waals surface area (Å²) in [4.78, 5) is -0.488. The largest absolute Gasteiger partial charge is 0.486 e. The van der Waals surface area contributed by atoms with Crippen LogP contribution in [0.4, 0.5) is 18.9 Å². The van der Waals surface area contributed by atoms with E-state index in [0.29, 0.717) is 6.07 Å². The van der Waals surface area contributed by atoms with Gasteiger partial charge in [-0.25, -0.2) is 8.42 Å². The zero-order valence-corrected chi connectivity index (χ0v) is 20.6. The van der Waals surface area contributed by atoms with Crippen LogP contribution in [0, 0.1) is 5.92 Å². The number of sulfonamides is 1. The highest BCUT2D eigenvalue weighted by Gasteiger charge is 2.37. The average molecular weight is 514 g/mol. The summed E-state index contributed by atoms with van der Waals surface area (Å²) in [5.41, 5.74) is 1.06. The van der Waals surface area contributed by atoms with E-state index >= 15 is 0 Å². The maximum atomic E-state index is 13.6. The molecular weight excluding hydrogens is 483 g/mol. The van der Waals surface area contributed by atoms with Gasteiger partial charge in [0.05, 0.1) is 22.7 Å². The number of halogens is 3. The highest BCUT2D eigenvalue weighted by molar-refractivity contribution is 7.92. The van der Waals surface area contributed by atoms with Crippen molar-refractivity contribution in [1.82, 2.24) is 0 Å². The molecule has 2 aromatic carbocycles. The van der Waals surface area contributed by atoms with Crippen molar-refractivity contribution in [2.24, 2.45) is 5.92 Å². The second-order valence-corrected chi connectivity index (χ2v) is 10.7. The lowest BCUT2D eigenvalue weighted by atomic mass is 9.98. The topological polar surface area (TPSA) is 87.1 Å². The first-order valence-corrected chi connectivity index (χ1v) is 12.8. The molecular formula is C25H30F3NO5S. The number of aliphatic hydroxyl groups excluding tert-OH is 1. The van der Waals surface area contributed by atoms with Crippen molar-refractivity contribution in [2.45, 2.75) is 63.5 Å². The molecule has 0 saturated carbocycles. The van der Waals surface area contributed by atoms with Gasteiger partial charge in [-0.05, 0) is 54.7 Å². The number of hydrogen-bond acceptors (Lipinski definition) is 5. The van der Waals surface area contributed by atoms with Gasteiger partial charge in [-0.3, -0.25) is 4.31 Å². The minimum atomic E-state index is -4.69. The standard InChI is InChI=1S/C25H30F3NO5S/c1-4-18(16(2)3)12-17-8-10-23-22(13-17)29(15-20(34-23)9-11-24(30)31)35(32,33)21-7-5-6-19(14-21)25(26,27)28/h5-8,10,12-14,16,20,24,30-31H,4,9,11,15H2,1-3H3. The van der Waals surface area contributed by atoms with Gasteiger partial charge in [-0.15, -0.1) is 0 Å². The zero-order valence-electron chi connectivity index (χ0n) is 19.8. The van der Waals surface area contributed by atoms with Crippen LogP contribution >= 0.6 is 0 Å². The molecule has 35 heavy (non-hydrogen) atoms. The third kappa shape index (κ3) is 6.36. The maximum absolute atomic E-state index is 13.6. The molecule has 3 rings (SSSR count). The maximum Gasteiger partial charge on any atom is 0.416 e. The smallest absolute Gasteiger partial charge is 0.416 e. The molecule has 1 atom stereocenters. The number of nitrogens with zero attached hydrogens (tertiary/aromatic N) is 1. The SMILES string of the molecule is CCC(=Cc1ccc2c(c1)N(S(=O)(=O)c1cccc(C(F)(F)F)c1)CC(CCC(O)O)O2)C(C)C. The lowest BCUT2D eigenvalue weighted by Crippen LogP contribution is -2.44. The Hall–Kier alpha value is -2.56. The predicted molar refractivity (Wildman–Crippen MR) is 127 cm³/mol. The molecule has 0 bridgehead atoms. The summed E-state index contributed by atoms with van der Waals surface area (Å²) in [6.07, 6.45) is -4.14. The van der Waals surface area contributed by atoms with Crippen LogP contribution in [-0.4, -0.2) is 37.6 Å². The molecule has 0 fully saturated rings. The molecule has 1 heterocycles. The van der Waals surface area contributed by atoms with Crippen LogP contribution in [0.1, 0.15) is 51.2 Å². The second kappa shape index (κ2) is 10.6. The van der Waals surface area contributed by atoms with E-state index in [1.165, 1.54) is 0 Å². The van der Waals surface area contributed by atoms with E-state index in [-0.39, 0.29) is 36.7 Å². The van der Waals surface area contributed by atoms with E-state index in [1.807, 2.05) is 13.0 Å². The first-order chi connectivity index (χ1) is 16.3. The monoisotopic (exact) mass is 513 g/mol. The number of aliphatic hydroxyl groups is 2. The molecule has 2 N–H and O–H groups in total. The highest BCUT2D eigenvalue weighted by Crippen LogP contribution is 2.40. The third-order valence-electron chi connectivity index (χ3n) is 5.91. The molecule has 1 unspecified atom stereocenters. The summed E-state index contributed by atoms with van der Waals surface area (Å²) in [5, 5.41) is 18.5. The van der Waals surface area contributed by atoms with E-state index in [9.17, 15) is 31.8 Å². The average Bonchev–Trinajstić information content (AvgIpc) is 2.79. The number of fused-ring (bicyclic) bond motifs is 1. The molecule has 2 aromatic rings. The third-order valence-corrected chi connectivity index (χ3v) is 7.69. The number of alkyl halides is 3. The van der Waals surface area contributed by atoms with Gasteiger partial charge in [0.15, 0.2) is 6.29 Å². The Kier molecular flexibility index (Phi) is 8.18. The normalized spacial score (nSPS) is 17.0. The number of anilines is 1. The van der Waals surface area contributed by atoms with Crippen LogP contribution in [-0.2, 0) is 16.2 Å². The van der Waals surface area contributed by atoms with Crippen molar-refractivity contribution >= 4 is 21.8 Å². The lowest BCUT2D eigenvalue weighted by molar-refractivity contribution is -0.137. The molecule has 0 aliphatic carbocycles. The van der Waals surface area contributed by atoms with Gasteiger partial charge >= 0.3 is 6.18 Å². The van der Waals surface area contributed by atoms with Crippen molar-refractivity contribution in [1.29, 1.82) is 0 Å². The van der Waals surface area contributed by atoms with Crippen molar-refractivity contribution < 1.29 is 36.5 Å². The fraction of sp³-hybridized carbons (Fsp3) is 0.440. The van der Waals surface area contributed by atoms with E-state index in [4.69, 9.17) is 4.74 Å². The summed E-state index contributed by atoms with van der Waals surface area (Å²) in [5.74, 6) is 0.537. The molecule has 192 valence electrons. The van der Waals surface area contributed by atoms with Gasteiger partial charge in [-0.1, -0.05) is 44.6 Å². The van der Waals surface area contributed by atoms with Crippen LogP contribution < -0.4 is 9.04 Å². The van der Waals surface area contributed by atoms with Gasteiger partial charge in [0.25, 0.3) is 10.0 Å². The van der Waals surface area contributed by atoms with Crippen molar-refractivity contribution in [2.75, 3.05) is 10.8 Å². The Bertz CT molecular complexity index is 1180. The molecule has 0 radical (unpaired) electrons. The van der Waals surface area contributed by atoms with Crippen LogP contribution in [0.3, 0.4) is 0 Å². The molecule has 0 amide bonds. The van der Waals surface area contributed by atoms with Crippen molar-refractivity contribution in [3.63, 3.8) is 0 Å². The molecule has 6 nitrogen and oxygen atoms in total. The van der Waals surface area contributed by atoms with E-state index in [1.54, 1.807) is 18.2 Å². The van der Waals surface area contributed by atoms with E-state index in [0.717, 1.165) is 40.1 Å². The summed E-state index contributed by atoms with van der Waals surface area (Å²) in [6.45, 7) is 5.96. The number of hydrogen-bond donors (Lipinski definition) is 2. The Morgan fingerprint density at radius 3 is 2.51 bits per heavy atom. The van der Waals surface area contributed by atoms with Gasteiger partial charge < -0.3 is 14.9 Å². The Balaban J connectivity index is 2.10. The van der Waals surface area contributed by atoms with Gasteiger partial charge in [0, 0.05) is 6.42 Å². The van der Waals surface area contributed by atoms with Crippen LogP contribution in [0.2, 0.25) is 0 Å². The summed E-state index contributed by atoms with van der Waals surface area (Å²) in [6, 6.07) is 8.69. The zero-order chi connectivity index (χ0) is 26.0. The fourth-order valence-electron chi connectivity index (χ4n) is 3.98. The molecule has 0 aromatic heterocycles.